The number of nitrogens with zero attached hydrogens (tertiary/aromatic N) is 1. The molecular formula is C19H15F4NO2. The van der Waals surface area contributed by atoms with Gasteiger partial charge in [0.05, 0.1) is 11.1 Å². The van der Waals surface area contributed by atoms with E-state index in [2.05, 4.69) is 0 Å². The van der Waals surface area contributed by atoms with Gasteiger partial charge < -0.3 is 4.74 Å². The quantitative estimate of drug-likeness (QED) is 0.412. The molecule has 0 aliphatic carbocycles. The van der Waals surface area contributed by atoms with Crippen molar-refractivity contribution in [2.45, 2.75) is 26.4 Å². The van der Waals surface area contributed by atoms with Crippen LogP contribution in [0.2, 0.25) is 0 Å². The molecule has 0 radical (unpaired) electrons. The molecule has 3 nitrogen and oxygen atoms in total. The molecule has 0 saturated heterocycles. The highest BCUT2D eigenvalue weighted by molar-refractivity contribution is 5.92. The maximum absolute atomic E-state index is 14.0. The van der Waals surface area contributed by atoms with Crippen LogP contribution in [0.1, 0.15) is 20.8 Å². The van der Waals surface area contributed by atoms with Gasteiger partial charge in [-0.2, -0.15) is 0 Å². The Morgan fingerprint density at radius 3 is 2.15 bits per heavy atom. The second-order valence-electron chi connectivity index (χ2n) is 6.78. The monoisotopic (exact) mass is 365 g/mol. The minimum absolute atomic E-state index is 0.0483. The maximum Gasteiger partial charge on any atom is 0.418 e. The normalized spacial score (nSPS) is 11.8. The first kappa shape index (κ1) is 18.0. The number of carbonyl (C=O) groups is 1. The van der Waals surface area contributed by atoms with Crippen LogP contribution in [-0.2, 0) is 4.74 Å². The number of fused-ring (bicyclic) bond motifs is 1. The van der Waals surface area contributed by atoms with Gasteiger partial charge in [0.15, 0.2) is 23.3 Å². The highest BCUT2D eigenvalue weighted by atomic mass is 19.2. The predicted octanol–water partition coefficient (Wildman–Crippen LogP) is 5.65. The average Bonchev–Trinajstić information content (AvgIpc) is 2.95. The van der Waals surface area contributed by atoms with Crippen LogP contribution in [-0.4, -0.2) is 16.3 Å². The van der Waals surface area contributed by atoms with Gasteiger partial charge in [-0.1, -0.05) is 6.07 Å². The molecule has 0 aliphatic rings. The fourth-order valence-corrected chi connectivity index (χ4v) is 2.59. The Kier molecular flexibility index (Phi) is 4.26. The fourth-order valence-electron chi connectivity index (χ4n) is 2.59. The van der Waals surface area contributed by atoms with E-state index in [0.717, 1.165) is 0 Å². The molecule has 0 aliphatic heterocycles. The van der Waals surface area contributed by atoms with Crippen molar-refractivity contribution in [3.8, 4) is 11.1 Å². The second-order valence-corrected chi connectivity index (χ2v) is 6.78. The van der Waals surface area contributed by atoms with Gasteiger partial charge in [0.25, 0.3) is 0 Å². The van der Waals surface area contributed by atoms with Crippen molar-refractivity contribution in [2.24, 2.45) is 0 Å². The van der Waals surface area contributed by atoms with Crippen molar-refractivity contribution >= 4 is 17.0 Å². The zero-order chi connectivity index (χ0) is 19.2. The summed E-state index contributed by atoms with van der Waals surface area (Å²) >= 11 is 0. The molecule has 0 amide bonds. The van der Waals surface area contributed by atoms with Crippen LogP contribution in [0.5, 0.6) is 0 Å². The summed E-state index contributed by atoms with van der Waals surface area (Å²) in [6.07, 6.45) is 0.830. The van der Waals surface area contributed by atoms with E-state index in [0.29, 0.717) is 10.9 Å². The molecular weight excluding hydrogens is 350 g/mol. The summed E-state index contributed by atoms with van der Waals surface area (Å²) in [5, 5.41) is 0.455. The number of halogens is 4. The lowest BCUT2D eigenvalue weighted by Crippen LogP contribution is -2.26. The van der Waals surface area contributed by atoms with Crippen molar-refractivity contribution < 1.29 is 27.1 Å². The van der Waals surface area contributed by atoms with Gasteiger partial charge in [-0.25, -0.2) is 22.4 Å². The van der Waals surface area contributed by atoms with E-state index < -0.39 is 40.5 Å². The summed E-state index contributed by atoms with van der Waals surface area (Å²) < 4.78 is 61.4. The molecule has 136 valence electrons. The molecule has 0 fully saturated rings. The Balaban J connectivity index is 2.10. The summed E-state index contributed by atoms with van der Waals surface area (Å²) in [4.78, 5) is 12.2. The lowest BCUT2D eigenvalue weighted by Gasteiger charge is -2.19. The molecule has 0 saturated carbocycles. The molecule has 0 spiro atoms. The van der Waals surface area contributed by atoms with Crippen molar-refractivity contribution in [3.63, 3.8) is 0 Å². The van der Waals surface area contributed by atoms with Gasteiger partial charge in [-0.3, -0.25) is 4.57 Å². The summed E-state index contributed by atoms with van der Waals surface area (Å²) in [5.74, 6) is -5.92. The molecule has 0 atom stereocenters. The summed E-state index contributed by atoms with van der Waals surface area (Å²) in [6, 6.07) is 5.75. The summed E-state index contributed by atoms with van der Waals surface area (Å²) in [5.41, 5.74) is -1.11. The molecule has 26 heavy (non-hydrogen) atoms. The van der Waals surface area contributed by atoms with Crippen LogP contribution in [0.4, 0.5) is 22.4 Å². The highest BCUT2D eigenvalue weighted by Gasteiger charge is 2.22. The number of ether oxygens (including phenoxy) is 1. The van der Waals surface area contributed by atoms with Gasteiger partial charge in [-0.15, -0.1) is 0 Å². The van der Waals surface area contributed by atoms with Crippen molar-refractivity contribution in [1.82, 2.24) is 4.57 Å². The molecule has 2 aromatic carbocycles. The number of hydrogen-bond acceptors (Lipinski definition) is 2. The van der Waals surface area contributed by atoms with Gasteiger partial charge in [0.2, 0.25) is 0 Å². The highest BCUT2D eigenvalue weighted by Crippen LogP contribution is 2.32. The molecule has 0 N–H and O–H groups in total. The average molecular weight is 365 g/mol. The van der Waals surface area contributed by atoms with Crippen LogP contribution < -0.4 is 0 Å². The van der Waals surface area contributed by atoms with Gasteiger partial charge in [0.1, 0.15) is 5.60 Å². The van der Waals surface area contributed by atoms with Crippen molar-refractivity contribution in [3.05, 3.63) is 59.8 Å². The van der Waals surface area contributed by atoms with Crippen LogP contribution in [0, 0.1) is 23.3 Å². The smallest absolute Gasteiger partial charge is 0.418 e. The third-order valence-corrected chi connectivity index (χ3v) is 3.68. The third kappa shape index (κ3) is 3.16. The number of carbonyl (C=O) groups excluding carboxylic acids is 1. The Hall–Kier alpha value is -2.83. The lowest BCUT2D eigenvalue weighted by atomic mass is 10.0. The number of aromatic nitrogens is 1. The zero-order valence-corrected chi connectivity index (χ0v) is 14.2. The first-order valence-corrected chi connectivity index (χ1v) is 7.76. The Morgan fingerprint density at radius 1 is 0.962 bits per heavy atom. The minimum Gasteiger partial charge on any atom is -0.443 e. The lowest BCUT2D eigenvalue weighted by molar-refractivity contribution is 0.0544. The van der Waals surface area contributed by atoms with Crippen molar-refractivity contribution in [1.29, 1.82) is 0 Å². The Bertz CT molecular complexity index is 992. The van der Waals surface area contributed by atoms with Crippen LogP contribution in [0.25, 0.3) is 22.0 Å². The Morgan fingerprint density at radius 2 is 1.58 bits per heavy atom. The molecule has 3 rings (SSSR count). The van der Waals surface area contributed by atoms with Gasteiger partial charge >= 0.3 is 6.09 Å². The Labute approximate surface area is 146 Å². The van der Waals surface area contributed by atoms with Crippen LogP contribution in [0.15, 0.2) is 36.5 Å². The van der Waals surface area contributed by atoms with Gasteiger partial charge in [-0.05, 0) is 44.5 Å². The first-order chi connectivity index (χ1) is 12.1. The van der Waals surface area contributed by atoms with E-state index >= 15 is 0 Å². The number of benzene rings is 2. The van der Waals surface area contributed by atoms with E-state index in [4.69, 9.17) is 4.74 Å². The standard InChI is InChI=1S/C19H15F4NO2/c1-19(2,3)26-18(25)24-7-6-10-8-11(4-5-14(10)24)15-16(22)12(20)9-13(21)17(15)23/h4-9H,1-3H3. The van der Waals surface area contributed by atoms with E-state index in [9.17, 15) is 22.4 Å². The molecule has 7 heteroatoms. The molecule has 3 aromatic rings. The number of rotatable bonds is 1. The van der Waals surface area contributed by atoms with E-state index in [1.807, 2.05) is 0 Å². The molecule has 0 bridgehead atoms. The van der Waals surface area contributed by atoms with E-state index in [1.54, 1.807) is 20.8 Å². The van der Waals surface area contributed by atoms with Crippen LogP contribution in [0.3, 0.4) is 0 Å². The molecule has 1 heterocycles. The predicted molar refractivity (Wildman–Crippen MR) is 88.8 cm³/mol. The molecule has 0 unspecified atom stereocenters. The second kappa shape index (κ2) is 6.16. The third-order valence-electron chi connectivity index (χ3n) is 3.68. The largest absolute Gasteiger partial charge is 0.443 e. The first-order valence-electron chi connectivity index (χ1n) is 7.76. The van der Waals surface area contributed by atoms with E-state index in [1.165, 1.54) is 35.0 Å². The summed E-state index contributed by atoms with van der Waals surface area (Å²) in [6.45, 7) is 5.16. The number of hydrogen-bond donors (Lipinski definition) is 0. The fraction of sp³-hybridized carbons (Fsp3) is 0.211. The van der Waals surface area contributed by atoms with Gasteiger partial charge in [0, 0.05) is 17.6 Å². The SMILES string of the molecule is CC(C)(C)OC(=O)n1ccc2cc(-c3c(F)c(F)cc(F)c3F)ccc21. The maximum atomic E-state index is 14.0. The zero-order valence-electron chi connectivity index (χ0n) is 14.2. The minimum atomic E-state index is -1.48. The van der Waals surface area contributed by atoms with Crippen molar-refractivity contribution in [2.75, 3.05) is 0 Å². The molecule has 1 aromatic heterocycles. The van der Waals surface area contributed by atoms with Crippen LogP contribution >= 0.6 is 0 Å². The topological polar surface area (TPSA) is 31.2 Å². The van der Waals surface area contributed by atoms with E-state index in [-0.39, 0.29) is 11.6 Å². The summed E-state index contributed by atoms with van der Waals surface area (Å²) in [7, 11) is 0.